The first kappa shape index (κ1) is 23.6. The van der Waals surface area contributed by atoms with Crippen LogP contribution in [0.25, 0.3) is 0 Å². The Morgan fingerprint density at radius 3 is 2.03 bits per heavy atom. The van der Waals surface area contributed by atoms with Gasteiger partial charge in [-0.1, -0.05) is 84.9 Å². The zero-order valence-electron chi connectivity index (χ0n) is 17.2. The topological polar surface area (TPSA) is 9.23 Å². The van der Waals surface area contributed by atoms with Crippen molar-refractivity contribution in [2.45, 2.75) is 43.7 Å². The van der Waals surface area contributed by atoms with E-state index >= 15 is 0 Å². The molecule has 1 saturated heterocycles. The van der Waals surface area contributed by atoms with Gasteiger partial charge in [0, 0.05) is 27.0 Å². The van der Waals surface area contributed by atoms with Crippen LogP contribution in [0.5, 0.6) is 0 Å². The molecule has 1 nitrogen and oxygen atoms in total. The van der Waals surface area contributed by atoms with Gasteiger partial charge in [-0.15, -0.1) is 0 Å². The fourth-order valence-electron chi connectivity index (χ4n) is 4.08. The molecule has 1 heterocycles. The Morgan fingerprint density at radius 2 is 1.43 bits per heavy atom. The van der Waals surface area contributed by atoms with Gasteiger partial charge in [0.1, 0.15) is 0 Å². The largest absolute Gasteiger partial charge is 0.379 e. The molecule has 0 spiro atoms. The predicted molar refractivity (Wildman–Crippen MR) is 126 cm³/mol. The number of hydrogen-bond acceptors (Lipinski definition) is 1. The van der Waals surface area contributed by atoms with Gasteiger partial charge in [-0.3, -0.25) is 0 Å². The quantitative estimate of drug-likeness (QED) is 0.320. The van der Waals surface area contributed by atoms with Gasteiger partial charge in [0.05, 0.1) is 15.5 Å². The van der Waals surface area contributed by atoms with Crippen molar-refractivity contribution in [1.29, 1.82) is 0 Å². The molecule has 1 unspecified atom stereocenters. The van der Waals surface area contributed by atoms with E-state index in [0.29, 0.717) is 0 Å². The molecule has 1 atom stereocenters. The van der Waals surface area contributed by atoms with Crippen molar-refractivity contribution in [3.63, 3.8) is 0 Å². The minimum absolute atomic E-state index is 0. The van der Waals surface area contributed by atoms with E-state index in [4.69, 9.17) is 4.74 Å². The predicted octanol–water partition coefficient (Wildman–Crippen LogP) is 4.83. The van der Waals surface area contributed by atoms with Crippen LogP contribution in [0.3, 0.4) is 0 Å². The number of ether oxygens (including phenoxy) is 1. The standard InChI is InChI=1S/C26H28OPSi.Pd/c29-26(18-7-8-20-27-26)19-10-12-22-11-9-17-25(21-22)28(23-13-3-1-4-14-23)24-15-5-2-6-16-24;/h1-6,9,11,13-17,21H,7-8,10,12,18-20H2;. The molecule has 1 aliphatic heterocycles. The molecule has 0 bridgehead atoms. The first-order valence-corrected chi connectivity index (χ1v) is 12.5. The second-order valence-corrected chi connectivity index (χ2v) is 11.0. The van der Waals surface area contributed by atoms with E-state index in [1.54, 1.807) is 0 Å². The Hall–Kier alpha value is -1.07. The molecule has 4 heteroatoms. The van der Waals surface area contributed by atoms with Gasteiger partial charge < -0.3 is 4.74 Å². The van der Waals surface area contributed by atoms with Crippen molar-refractivity contribution in [1.82, 2.24) is 0 Å². The molecule has 0 saturated carbocycles. The van der Waals surface area contributed by atoms with Crippen molar-refractivity contribution < 1.29 is 25.2 Å². The normalized spacial score (nSPS) is 18.7. The van der Waals surface area contributed by atoms with Gasteiger partial charge in [0.25, 0.3) is 0 Å². The molecule has 1 fully saturated rings. The maximum absolute atomic E-state index is 6.00. The zero-order chi connectivity index (χ0) is 19.9. The molecule has 3 aromatic rings. The summed E-state index contributed by atoms with van der Waals surface area (Å²) < 4.78 is 6.00. The molecule has 157 valence electrons. The molecule has 0 aliphatic carbocycles. The Balaban J connectivity index is 0.00000256. The van der Waals surface area contributed by atoms with Gasteiger partial charge >= 0.3 is 0 Å². The Kier molecular flexibility index (Phi) is 9.06. The summed E-state index contributed by atoms with van der Waals surface area (Å²) in [6, 6.07) is 31.1. The van der Waals surface area contributed by atoms with Gasteiger partial charge in [0.15, 0.2) is 0 Å². The molecule has 0 amide bonds. The molecular formula is C26H28OPPdSi. The van der Waals surface area contributed by atoms with Crippen LogP contribution in [0, 0.1) is 0 Å². The van der Waals surface area contributed by atoms with Gasteiger partial charge in [-0.25, -0.2) is 0 Å². The third kappa shape index (κ3) is 6.23. The molecule has 0 aromatic heterocycles. The average molecular weight is 522 g/mol. The molecular weight excluding hydrogens is 494 g/mol. The summed E-state index contributed by atoms with van der Waals surface area (Å²) in [7, 11) is 3.37. The van der Waals surface area contributed by atoms with E-state index in [9.17, 15) is 0 Å². The number of hydrogen-bond donors (Lipinski definition) is 0. The number of rotatable bonds is 7. The van der Waals surface area contributed by atoms with Gasteiger partial charge in [-0.2, -0.15) is 0 Å². The van der Waals surface area contributed by atoms with E-state index in [1.165, 1.54) is 34.3 Å². The summed E-state index contributed by atoms with van der Waals surface area (Å²) >= 11 is 0. The van der Waals surface area contributed by atoms with E-state index < -0.39 is 7.92 Å². The molecule has 30 heavy (non-hydrogen) atoms. The summed E-state index contributed by atoms with van der Waals surface area (Å²) in [5.41, 5.74) is 1.42. The Bertz CT molecular complexity index is 858. The number of benzene rings is 3. The summed E-state index contributed by atoms with van der Waals surface area (Å²) in [6.07, 6.45) is 6.88. The summed E-state index contributed by atoms with van der Waals surface area (Å²) in [6.45, 7) is 0.886. The third-order valence-corrected chi connectivity index (χ3v) is 8.66. The van der Waals surface area contributed by atoms with Crippen molar-refractivity contribution in [3.8, 4) is 0 Å². The van der Waals surface area contributed by atoms with Crippen molar-refractivity contribution in [2.24, 2.45) is 0 Å². The minimum atomic E-state index is -0.534. The van der Waals surface area contributed by atoms with Crippen LogP contribution in [-0.4, -0.2) is 22.1 Å². The monoisotopic (exact) mass is 521 g/mol. The van der Waals surface area contributed by atoms with Gasteiger partial charge in [0.2, 0.25) is 0 Å². The van der Waals surface area contributed by atoms with Gasteiger partial charge in [-0.05, 0) is 67.9 Å². The SMILES string of the molecule is [Pd].[Si]C1(CCCc2cccc(P(c3ccccc3)c3ccccc3)c2)CCCCO1. The van der Waals surface area contributed by atoms with Crippen LogP contribution in [0.1, 0.15) is 37.7 Å². The van der Waals surface area contributed by atoms with E-state index in [2.05, 4.69) is 95.2 Å². The Morgan fingerprint density at radius 1 is 0.800 bits per heavy atom. The first-order chi connectivity index (χ1) is 14.2. The summed E-state index contributed by atoms with van der Waals surface area (Å²) in [5, 5.41) is 4.13. The molecule has 3 radical (unpaired) electrons. The van der Waals surface area contributed by atoms with E-state index in [0.717, 1.165) is 32.3 Å². The first-order valence-electron chi connectivity index (χ1n) is 10.6. The average Bonchev–Trinajstić information content (AvgIpc) is 2.76. The van der Waals surface area contributed by atoms with Crippen LogP contribution >= 0.6 is 7.92 Å². The van der Waals surface area contributed by atoms with Crippen LogP contribution in [0.2, 0.25) is 0 Å². The van der Waals surface area contributed by atoms with Crippen LogP contribution in [-0.2, 0) is 31.6 Å². The van der Waals surface area contributed by atoms with Crippen molar-refractivity contribution in [2.75, 3.05) is 6.61 Å². The van der Waals surface area contributed by atoms with Crippen molar-refractivity contribution >= 4 is 34.1 Å². The minimum Gasteiger partial charge on any atom is -0.379 e. The smallest absolute Gasteiger partial charge is 0.0705 e. The van der Waals surface area contributed by atoms with Crippen LogP contribution in [0.4, 0.5) is 0 Å². The fraction of sp³-hybridized carbons (Fsp3) is 0.308. The molecule has 3 aromatic carbocycles. The third-order valence-electron chi connectivity index (χ3n) is 5.60. The summed E-state index contributed by atoms with van der Waals surface area (Å²) in [4.78, 5) is 0. The maximum atomic E-state index is 6.00. The second kappa shape index (κ2) is 11.5. The number of aryl methyl sites for hydroxylation is 1. The fourth-order valence-corrected chi connectivity index (χ4v) is 6.90. The van der Waals surface area contributed by atoms with Crippen LogP contribution in [0.15, 0.2) is 84.9 Å². The zero-order valence-corrected chi connectivity index (χ0v) is 20.7. The maximum Gasteiger partial charge on any atom is 0.0705 e. The summed E-state index contributed by atoms with van der Waals surface area (Å²) in [5.74, 6) is 0. The Labute approximate surface area is 199 Å². The second-order valence-electron chi connectivity index (χ2n) is 7.83. The van der Waals surface area contributed by atoms with E-state index in [-0.39, 0.29) is 25.6 Å². The molecule has 1 aliphatic rings. The van der Waals surface area contributed by atoms with E-state index in [1.807, 2.05) is 0 Å². The van der Waals surface area contributed by atoms with Crippen molar-refractivity contribution in [3.05, 3.63) is 90.5 Å². The van der Waals surface area contributed by atoms with Crippen LogP contribution < -0.4 is 15.9 Å². The molecule has 0 N–H and O–H groups in total. The molecule has 4 rings (SSSR count).